The molecule has 0 aliphatic carbocycles. The number of hydrogen-bond donors (Lipinski definition) is 2. The first-order valence-electron chi connectivity index (χ1n) is 12.7. The SMILES string of the molecule is CC(C)(C(N)=O)N1CCN(Cc2cc3nc(-c4c[nH]c5cnccc45)nc(N4CCOCC4)c3s2)CC1. The van der Waals surface area contributed by atoms with Crippen LogP contribution in [0.25, 0.3) is 32.5 Å². The van der Waals surface area contributed by atoms with Crippen molar-refractivity contribution in [2.45, 2.75) is 25.9 Å². The first-order valence-corrected chi connectivity index (χ1v) is 13.5. The molecular weight excluding hydrogens is 488 g/mol. The maximum absolute atomic E-state index is 11.9. The molecule has 4 aromatic rings. The molecule has 2 fully saturated rings. The third-order valence-electron chi connectivity index (χ3n) is 7.58. The number of nitrogens with two attached hydrogens (primary N) is 1. The number of ether oxygens (including phenoxy) is 1. The predicted molar refractivity (Wildman–Crippen MR) is 146 cm³/mol. The van der Waals surface area contributed by atoms with Crippen molar-refractivity contribution in [1.82, 2.24) is 29.7 Å². The molecule has 0 spiro atoms. The molecule has 0 aromatic carbocycles. The Labute approximate surface area is 219 Å². The summed E-state index contributed by atoms with van der Waals surface area (Å²) >= 11 is 1.78. The highest BCUT2D eigenvalue weighted by Gasteiger charge is 2.34. The lowest BCUT2D eigenvalue weighted by Gasteiger charge is -2.42. The van der Waals surface area contributed by atoms with Gasteiger partial charge in [0.2, 0.25) is 5.91 Å². The average Bonchev–Trinajstić information content (AvgIpc) is 3.52. The van der Waals surface area contributed by atoms with Crippen molar-refractivity contribution in [3.63, 3.8) is 0 Å². The molecule has 11 heteroatoms. The maximum atomic E-state index is 11.9. The summed E-state index contributed by atoms with van der Waals surface area (Å²) in [5, 5.41) is 1.06. The van der Waals surface area contributed by atoms with Crippen molar-refractivity contribution < 1.29 is 9.53 Å². The van der Waals surface area contributed by atoms with E-state index in [9.17, 15) is 4.79 Å². The Hall–Kier alpha value is -3.12. The Kier molecular flexibility index (Phi) is 6.31. The number of morpholine rings is 1. The lowest BCUT2D eigenvalue weighted by Crippen LogP contribution is -2.59. The van der Waals surface area contributed by atoms with Gasteiger partial charge in [-0.1, -0.05) is 0 Å². The zero-order valence-electron chi connectivity index (χ0n) is 21.2. The number of rotatable bonds is 6. The van der Waals surface area contributed by atoms with E-state index in [0.29, 0.717) is 13.2 Å². The lowest BCUT2D eigenvalue weighted by atomic mass is 10.0. The molecule has 10 nitrogen and oxygen atoms in total. The molecule has 0 radical (unpaired) electrons. The number of pyridine rings is 1. The van der Waals surface area contributed by atoms with Gasteiger partial charge in [-0.05, 0) is 26.0 Å². The van der Waals surface area contributed by atoms with Gasteiger partial charge in [-0.2, -0.15) is 0 Å². The number of aromatic amines is 1. The second kappa shape index (κ2) is 9.64. The van der Waals surface area contributed by atoms with E-state index in [1.165, 1.54) is 4.88 Å². The molecule has 6 heterocycles. The van der Waals surface area contributed by atoms with Crippen LogP contribution in [0.2, 0.25) is 0 Å². The largest absolute Gasteiger partial charge is 0.378 e. The Balaban J connectivity index is 1.30. The van der Waals surface area contributed by atoms with Crippen molar-refractivity contribution in [2.75, 3.05) is 57.4 Å². The molecule has 4 aromatic heterocycles. The van der Waals surface area contributed by atoms with E-state index in [2.05, 4.69) is 30.7 Å². The van der Waals surface area contributed by atoms with Crippen LogP contribution in [0.3, 0.4) is 0 Å². The number of piperazine rings is 1. The topological polar surface area (TPSA) is 116 Å². The third kappa shape index (κ3) is 4.56. The van der Waals surface area contributed by atoms with Gasteiger partial charge in [0.1, 0.15) is 0 Å². The van der Waals surface area contributed by atoms with E-state index in [4.69, 9.17) is 20.4 Å². The van der Waals surface area contributed by atoms with Gasteiger partial charge in [0.15, 0.2) is 11.6 Å². The zero-order chi connectivity index (χ0) is 25.6. The number of amides is 1. The summed E-state index contributed by atoms with van der Waals surface area (Å²) < 4.78 is 6.73. The molecular formula is C26H32N8O2S. The number of H-pyrrole nitrogens is 1. The quantitative estimate of drug-likeness (QED) is 0.398. The van der Waals surface area contributed by atoms with Crippen LogP contribution in [0.15, 0.2) is 30.7 Å². The van der Waals surface area contributed by atoms with E-state index in [0.717, 1.165) is 84.1 Å². The highest BCUT2D eigenvalue weighted by atomic mass is 32.1. The van der Waals surface area contributed by atoms with Crippen molar-refractivity contribution >= 4 is 44.2 Å². The number of nitrogens with zero attached hydrogens (tertiary/aromatic N) is 6. The zero-order valence-corrected chi connectivity index (χ0v) is 22.1. The first kappa shape index (κ1) is 24.2. The first-order chi connectivity index (χ1) is 17.9. The van der Waals surface area contributed by atoms with Crippen LogP contribution in [0, 0.1) is 0 Å². The standard InChI is InChI=1S/C26H32N8O2S/c1-26(2,25(27)35)34-7-5-32(6-8-34)16-17-13-20-22(37-17)24(33-9-11-36-12-10-33)31-23(30-20)19-14-29-21-15-28-4-3-18(19)21/h3-4,13-15,29H,5-12,16H2,1-2H3,(H2,27,35). The summed E-state index contributed by atoms with van der Waals surface area (Å²) in [6.45, 7) is 11.1. The summed E-state index contributed by atoms with van der Waals surface area (Å²) in [7, 11) is 0. The maximum Gasteiger partial charge on any atom is 0.237 e. The number of thiophene rings is 1. The number of hydrogen-bond acceptors (Lipinski definition) is 9. The van der Waals surface area contributed by atoms with E-state index < -0.39 is 5.54 Å². The Bertz CT molecular complexity index is 1430. The smallest absolute Gasteiger partial charge is 0.237 e. The van der Waals surface area contributed by atoms with Crippen LogP contribution < -0.4 is 10.6 Å². The van der Waals surface area contributed by atoms with Crippen LogP contribution >= 0.6 is 11.3 Å². The molecule has 0 unspecified atom stereocenters. The monoisotopic (exact) mass is 520 g/mol. The van der Waals surface area contributed by atoms with Crippen molar-refractivity contribution in [1.29, 1.82) is 0 Å². The third-order valence-corrected chi connectivity index (χ3v) is 8.69. The Morgan fingerprint density at radius 3 is 2.70 bits per heavy atom. The van der Waals surface area contributed by atoms with Crippen LogP contribution in [0.4, 0.5) is 5.82 Å². The molecule has 3 N–H and O–H groups in total. The number of anilines is 1. The molecule has 37 heavy (non-hydrogen) atoms. The molecule has 194 valence electrons. The second-order valence-corrected chi connectivity index (χ2v) is 11.3. The molecule has 2 saturated heterocycles. The molecule has 0 atom stereocenters. The number of primary amides is 1. The van der Waals surface area contributed by atoms with Crippen molar-refractivity contribution in [2.24, 2.45) is 5.73 Å². The summed E-state index contributed by atoms with van der Waals surface area (Å²) in [5.74, 6) is 1.43. The second-order valence-electron chi connectivity index (χ2n) is 10.2. The molecule has 6 rings (SSSR count). The van der Waals surface area contributed by atoms with Crippen LogP contribution in [-0.4, -0.2) is 93.7 Å². The van der Waals surface area contributed by atoms with Gasteiger partial charge < -0.3 is 20.4 Å². The molecule has 1 amide bonds. The lowest BCUT2D eigenvalue weighted by molar-refractivity contribution is -0.129. The minimum atomic E-state index is -0.624. The predicted octanol–water partition coefficient (Wildman–Crippen LogP) is 2.45. The Morgan fingerprint density at radius 1 is 1.16 bits per heavy atom. The van der Waals surface area contributed by atoms with Gasteiger partial charge in [0.25, 0.3) is 0 Å². The van der Waals surface area contributed by atoms with Gasteiger partial charge in [-0.3, -0.25) is 19.6 Å². The molecule has 2 aliphatic rings. The fourth-order valence-electron chi connectivity index (χ4n) is 5.15. The molecule has 0 saturated carbocycles. The van der Waals surface area contributed by atoms with Crippen molar-refractivity contribution in [3.05, 3.63) is 35.6 Å². The minimum absolute atomic E-state index is 0.276. The van der Waals surface area contributed by atoms with Gasteiger partial charge in [0, 0.05) is 74.0 Å². The fraction of sp³-hybridized carbons (Fsp3) is 0.462. The molecule has 2 aliphatic heterocycles. The number of fused-ring (bicyclic) bond motifs is 2. The van der Waals surface area contributed by atoms with Gasteiger partial charge in [-0.25, -0.2) is 9.97 Å². The van der Waals surface area contributed by atoms with Gasteiger partial charge >= 0.3 is 0 Å². The molecule has 0 bridgehead atoms. The van der Waals surface area contributed by atoms with Gasteiger partial charge in [0.05, 0.1) is 40.7 Å². The van der Waals surface area contributed by atoms with Crippen LogP contribution in [-0.2, 0) is 16.1 Å². The Morgan fingerprint density at radius 2 is 1.95 bits per heavy atom. The summed E-state index contributed by atoms with van der Waals surface area (Å²) in [5.41, 5.74) is 7.94. The van der Waals surface area contributed by atoms with Crippen molar-refractivity contribution in [3.8, 4) is 11.4 Å². The highest BCUT2D eigenvalue weighted by Crippen LogP contribution is 2.36. The van der Waals surface area contributed by atoms with E-state index in [1.54, 1.807) is 17.5 Å². The summed E-state index contributed by atoms with van der Waals surface area (Å²) in [6, 6.07) is 4.21. The number of carbonyl (C=O) groups excluding carboxylic acids is 1. The van der Waals surface area contributed by atoms with Crippen LogP contribution in [0.5, 0.6) is 0 Å². The van der Waals surface area contributed by atoms with E-state index in [-0.39, 0.29) is 5.91 Å². The summed E-state index contributed by atoms with van der Waals surface area (Å²) in [6.07, 6.45) is 5.60. The summed E-state index contributed by atoms with van der Waals surface area (Å²) in [4.78, 5) is 37.7. The number of aromatic nitrogens is 4. The minimum Gasteiger partial charge on any atom is -0.378 e. The van der Waals surface area contributed by atoms with E-state index in [1.807, 2.05) is 32.3 Å². The average molecular weight is 521 g/mol. The normalized spacial score (nSPS) is 18.2. The van der Waals surface area contributed by atoms with Crippen LogP contribution in [0.1, 0.15) is 18.7 Å². The fourth-order valence-corrected chi connectivity index (χ4v) is 6.31. The van der Waals surface area contributed by atoms with Gasteiger partial charge in [-0.15, -0.1) is 11.3 Å². The highest BCUT2D eigenvalue weighted by molar-refractivity contribution is 7.19. The number of carbonyl (C=O) groups is 1. The van der Waals surface area contributed by atoms with E-state index >= 15 is 0 Å². The number of nitrogens with one attached hydrogen (secondary N) is 1.